The van der Waals surface area contributed by atoms with Crippen LogP contribution in [0.4, 0.5) is 0 Å². The summed E-state index contributed by atoms with van der Waals surface area (Å²) in [7, 11) is 0. The van der Waals surface area contributed by atoms with Gasteiger partial charge >= 0.3 is 0 Å². The largest absolute Gasteiger partial charge is 0.391 e. The van der Waals surface area contributed by atoms with Gasteiger partial charge in [-0.25, -0.2) is 4.98 Å². The van der Waals surface area contributed by atoms with E-state index in [0.29, 0.717) is 63.1 Å². The summed E-state index contributed by atoms with van der Waals surface area (Å²) in [6.07, 6.45) is 11.1. The predicted molar refractivity (Wildman–Crippen MR) is 191 cm³/mol. The number of benzene rings is 2. The monoisotopic (exact) mass is 673 g/mol. The zero-order valence-corrected chi connectivity index (χ0v) is 29.2. The van der Waals surface area contributed by atoms with Gasteiger partial charge in [-0.3, -0.25) is 14.4 Å². The van der Waals surface area contributed by atoms with Gasteiger partial charge in [0, 0.05) is 37.8 Å². The van der Waals surface area contributed by atoms with Crippen LogP contribution in [0, 0.1) is 17.8 Å². The minimum atomic E-state index is -0.924. The molecule has 4 N–H and O–H groups in total. The molecule has 1 aliphatic heterocycles. The Labute approximate surface area is 290 Å². The maximum absolute atomic E-state index is 14.3. The molecule has 3 amide bonds. The van der Waals surface area contributed by atoms with Crippen molar-refractivity contribution in [2.75, 3.05) is 26.3 Å². The molecule has 3 aromatic rings. The number of aliphatic hydroxyl groups excluding tert-OH is 1. The maximum Gasteiger partial charge on any atom is 0.243 e. The zero-order valence-electron chi connectivity index (χ0n) is 29.2. The average Bonchev–Trinajstić information content (AvgIpc) is 3.64. The van der Waals surface area contributed by atoms with E-state index in [1.807, 2.05) is 42.5 Å². The summed E-state index contributed by atoms with van der Waals surface area (Å²) in [5.41, 5.74) is 1.68. The highest BCUT2D eigenvalue weighted by molar-refractivity contribution is 5.92. The third-order valence-corrected chi connectivity index (χ3v) is 10.3. The molecule has 266 valence electrons. The summed E-state index contributed by atoms with van der Waals surface area (Å²) < 4.78 is 5.45. The Hall–Kier alpha value is -3.76. The van der Waals surface area contributed by atoms with Crippen LogP contribution in [0.2, 0.25) is 0 Å². The van der Waals surface area contributed by atoms with Crippen LogP contribution in [0.15, 0.2) is 55.0 Å². The van der Waals surface area contributed by atoms with Crippen LogP contribution in [-0.2, 0) is 32.0 Å². The fourth-order valence-electron chi connectivity index (χ4n) is 7.34. The molecular formula is C39H55N5O5. The Morgan fingerprint density at radius 3 is 2.45 bits per heavy atom. The summed E-state index contributed by atoms with van der Waals surface area (Å²) in [6.45, 7) is 6.21. The lowest BCUT2D eigenvalue weighted by atomic mass is 9.83. The van der Waals surface area contributed by atoms with Gasteiger partial charge in [0.05, 0.1) is 37.6 Å². The number of ether oxygens (including phenoxy) is 1. The second-order valence-corrected chi connectivity index (χ2v) is 14.5. The molecule has 0 radical (unpaired) electrons. The highest BCUT2D eigenvalue weighted by Gasteiger charge is 2.33. The number of hydrogen-bond acceptors (Lipinski definition) is 6. The first-order chi connectivity index (χ1) is 23.8. The highest BCUT2D eigenvalue weighted by Crippen LogP contribution is 2.29. The van der Waals surface area contributed by atoms with Crippen LogP contribution in [0.1, 0.15) is 82.9 Å². The van der Waals surface area contributed by atoms with Crippen LogP contribution in [0.25, 0.3) is 10.8 Å². The molecule has 2 aliphatic rings. The summed E-state index contributed by atoms with van der Waals surface area (Å²) in [6, 6.07) is 12.7. The molecule has 49 heavy (non-hydrogen) atoms. The first kappa shape index (κ1) is 36.5. The molecular weight excluding hydrogens is 618 g/mol. The Morgan fingerprint density at radius 1 is 0.959 bits per heavy atom. The van der Waals surface area contributed by atoms with E-state index in [9.17, 15) is 19.5 Å². The van der Waals surface area contributed by atoms with Crippen LogP contribution >= 0.6 is 0 Å². The molecule has 4 atom stereocenters. The first-order valence-electron chi connectivity index (χ1n) is 18.3. The number of H-pyrrole nitrogens is 1. The molecule has 1 saturated carbocycles. The van der Waals surface area contributed by atoms with Crippen LogP contribution in [0.5, 0.6) is 0 Å². The van der Waals surface area contributed by atoms with E-state index >= 15 is 0 Å². The van der Waals surface area contributed by atoms with E-state index < -0.39 is 24.1 Å². The van der Waals surface area contributed by atoms with Gasteiger partial charge in [-0.1, -0.05) is 88.4 Å². The van der Waals surface area contributed by atoms with Crippen LogP contribution < -0.4 is 10.6 Å². The standard InChI is InChI=1S/C39H55N5O5/c1-27(2)15-16-36(45)34(21-28-9-4-3-5-10-28)42-39(48)35(24-32-25-40-26-41-32)43-38(47)31(23-37(46)44-17-19-49-20-18-44)22-30-13-8-12-29-11-6-7-14-33(29)30/h6-8,11-14,25-28,31,34-36,45H,3-5,9-10,15-24H2,1-2H3,(H,40,41)(H,42,48)(H,43,47)/t31-,34+,35+,36+/m1/s1. The number of aromatic amines is 1. The van der Waals surface area contributed by atoms with Crippen molar-refractivity contribution in [2.45, 2.75) is 103 Å². The molecule has 2 fully saturated rings. The van der Waals surface area contributed by atoms with Gasteiger partial charge in [0.25, 0.3) is 0 Å². The minimum absolute atomic E-state index is 0.0195. The predicted octanol–water partition coefficient (Wildman–Crippen LogP) is 4.95. The lowest BCUT2D eigenvalue weighted by molar-refractivity contribution is -0.140. The van der Waals surface area contributed by atoms with Crippen LogP contribution in [-0.4, -0.2) is 82.2 Å². The van der Waals surface area contributed by atoms with E-state index in [1.54, 1.807) is 17.4 Å². The third-order valence-electron chi connectivity index (χ3n) is 10.3. The number of aromatic nitrogens is 2. The number of fused-ring (bicyclic) bond motifs is 1. The summed E-state index contributed by atoms with van der Waals surface area (Å²) in [5.74, 6) is -0.599. The molecule has 1 aliphatic carbocycles. The molecule has 10 heteroatoms. The summed E-state index contributed by atoms with van der Waals surface area (Å²) in [4.78, 5) is 51.0. The van der Waals surface area contributed by atoms with E-state index in [1.165, 1.54) is 19.3 Å². The average molecular weight is 674 g/mol. The molecule has 0 bridgehead atoms. The smallest absolute Gasteiger partial charge is 0.243 e. The van der Waals surface area contributed by atoms with E-state index in [4.69, 9.17) is 4.74 Å². The molecule has 0 spiro atoms. The fourth-order valence-corrected chi connectivity index (χ4v) is 7.34. The number of nitrogens with zero attached hydrogens (tertiary/aromatic N) is 2. The third kappa shape index (κ3) is 10.9. The van der Waals surface area contributed by atoms with Crippen molar-refractivity contribution in [1.82, 2.24) is 25.5 Å². The number of hydrogen-bond donors (Lipinski definition) is 4. The Bertz CT molecular complexity index is 1480. The lowest BCUT2D eigenvalue weighted by Crippen LogP contribution is -2.55. The van der Waals surface area contributed by atoms with Crippen molar-refractivity contribution < 1.29 is 24.2 Å². The quantitative estimate of drug-likeness (QED) is 0.170. The minimum Gasteiger partial charge on any atom is -0.391 e. The summed E-state index contributed by atoms with van der Waals surface area (Å²) >= 11 is 0. The SMILES string of the molecule is CC(C)CC[C@H](O)[C@H](CC1CCCCC1)NC(=O)[C@H](Cc1cnc[nH]1)NC(=O)[C@@H](CC(=O)N1CCOCC1)Cc1cccc2ccccc12. The summed E-state index contributed by atoms with van der Waals surface area (Å²) in [5, 5.41) is 19.7. The van der Waals surface area contributed by atoms with Crippen molar-refractivity contribution in [1.29, 1.82) is 0 Å². The fraction of sp³-hybridized carbons (Fsp3) is 0.590. The van der Waals surface area contributed by atoms with Gasteiger partial charge in [-0.2, -0.15) is 0 Å². The van der Waals surface area contributed by atoms with Gasteiger partial charge in [0.1, 0.15) is 6.04 Å². The van der Waals surface area contributed by atoms with Gasteiger partial charge in [-0.15, -0.1) is 0 Å². The maximum atomic E-state index is 14.3. The zero-order chi connectivity index (χ0) is 34.6. The molecule has 1 aromatic heterocycles. The number of imidazole rings is 1. The van der Waals surface area contributed by atoms with E-state index in [-0.39, 0.29) is 30.6 Å². The number of nitrogens with one attached hydrogen (secondary N) is 3. The van der Waals surface area contributed by atoms with Crippen LogP contribution in [0.3, 0.4) is 0 Å². The van der Waals surface area contributed by atoms with Crippen molar-refractivity contribution in [2.24, 2.45) is 17.8 Å². The van der Waals surface area contributed by atoms with Gasteiger partial charge in [0.15, 0.2) is 0 Å². The normalized spacial score (nSPS) is 18.2. The van der Waals surface area contributed by atoms with Gasteiger partial charge in [0.2, 0.25) is 17.7 Å². The lowest BCUT2D eigenvalue weighted by Gasteiger charge is -2.32. The number of carbonyl (C=O) groups is 3. The number of carbonyl (C=O) groups excluding carboxylic acids is 3. The van der Waals surface area contributed by atoms with E-state index in [0.717, 1.165) is 35.6 Å². The van der Waals surface area contributed by atoms with E-state index in [2.05, 4.69) is 34.4 Å². The second-order valence-electron chi connectivity index (χ2n) is 14.5. The second kappa shape index (κ2) is 18.3. The van der Waals surface area contributed by atoms with Crippen molar-refractivity contribution in [3.05, 3.63) is 66.2 Å². The van der Waals surface area contributed by atoms with Crippen molar-refractivity contribution in [3.63, 3.8) is 0 Å². The number of amides is 3. The molecule has 5 rings (SSSR count). The van der Waals surface area contributed by atoms with Crippen molar-refractivity contribution >= 4 is 28.5 Å². The van der Waals surface area contributed by atoms with Crippen molar-refractivity contribution in [3.8, 4) is 0 Å². The Balaban J connectivity index is 1.37. The number of morpholine rings is 1. The highest BCUT2D eigenvalue weighted by atomic mass is 16.5. The molecule has 1 saturated heterocycles. The first-order valence-corrected chi connectivity index (χ1v) is 18.3. The molecule has 2 aromatic carbocycles. The molecule has 0 unspecified atom stereocenters. The number of rotatable bonds is 16. The molecule has 2 heterocycles. The van der Waals surface area contributed by atoms with Gasteiger partial charge in [-0.05, 0) is 53.9 Å². The van der Waals surface area contributed by atoms with Gasteiger partial charge < -0.3 is 30.4 Å². The molecule has 10 nitrogen and oxygen atoms in total. The Morgan fingerprint density at radius 2 is 1.71 bits per heavy atom. The Kier molecular flexibility index (Phi) is 13.6. The topological polar surface area (TPSA) is 137 Å². The number of aliphatic hydroxyl groups is 1.